The summed E-state index contributed by atoms with van der Waals surface area (Å²) in [6, 6.07) is 36.4. The van der Waals surface area contributed by atoms with Crippen molar-refractivity contribution in [2.45, 2.75) is 31.3 Å². The van der Waals surface area contributed by atoms with Crippen LogP contribution in [0.15, 0.2) is 103 Å². The van der Waals surface area contributed by atoms with Gasteiger partial charge in [-0.05, 0) is 70.8 Å². The quantitative estimate of drug-likeness (QED) is 0.243. The van der Waals surface area contributed by atoms with Crippen molar-refractivity contribution in [3.05, 3.63) is 131 Å². The van der Waals surface area contributed by atoms with Gasteiger partial charge in [0.1, 0.15) is 24.7 Å². The summed E-state index contributed by atoms with van der Waals surface area (Å²) >= 11 is 0. The Morgan fingerprint density at radius 1 is 0.676 bits per heavy atom. The van der Waals surface area contributed by atoms with E-state index in [0.717, 1.165) is 24.3 Å². The zero-order valence-electron chi connectivity index (χ0n) is 21.2. The van der Waals surface area contributed by atoms with Gasteiger partial charge in [-0.2, -0.15) is 0 Å². The normalized spacial score (nSPS) is 16.7. The molecule has 4 aromatic carbocycles. The highest BCUT2D eigenvalue weighted by atomic mass is 16.5. The van der Waals surface area contributed by atoms with Crippen LogP contribution in [-0.4, -0.2) is 26.4 Å². The summed E-state index contributed by atoms with van der Waals surface area (Å²) in [5, 5.41) is 0. The predicted molar refractivity (Wildman–Crippen MR) is 148 cm³/mol. The molecule has 190 valence electrons. The van der Waals surface area contributed by atoms with Crippen LogP contribution in [0, 0.1) is 0 Å². The van der Waals surface area contributed by atoms with E-state index in [2.05, 4.69) is 84.9 Å². The molecule has 37 heavy (non-hydrogen) atoms. The van der Waals surface area contributed by atoms with E-state index >= 15 is 0 Å². The van der Waals surface area contributed by atoms with Gasteiger partial charge in [-0.25, -0.2) is 0 Å². The molecule has 0 fully saturated rings. The lowest BCUT2D eigenvalue weighted by molar-refractivity contribution is 0.106. The molecule has 0 spiro atoms. The van der Waals surface area contributed by atoms with Gasteiger partial charge >= 0.3 is 0 Å². The van der Waals surface area contributed by atoms with Gasteiger partial charge in [-0.15, -0.1) is 0 Å². The molecule has 4 nitrogen and oxygen atoms in total. The third-order valence-corrected chi connectivity index (χ3v) is 7.05. The standard InChI is InChI=1S/C33H35NO3/c34-19-20-35-21-22-36-29-14-11-27(12-15-29)33-31(26-9-5-2-6-10-26)17-13-28-23-30(16-18-32(28)33)37-24-25-7-3-1-4-8-25/h1-12,14-16,18,23,31,33H,13,17,19-22,24,34H2/t31?,33-/m0/s1. The minimum atomic E-state index is 0.274. The lowest BCUT2D eigenvalue weighted by Crippen LogP contribution is -2.20. The van der Waals surface area contributed by atoms with Crippen molar-refractivity contribution in [1.82, 2.24) is 0 Å². The Kier molecular flexibility index (Phi) is 8.52. The molecule has 0 saturated heterocycles. The van der Waals surface area contributed by atoms with Crippen molar-refractivity contribution in [1.29, 1.82) is 0 Å². The number of aryl methyl sites for hydroxylation is 1. The van der Waals surface area contributed by atoms with Crippen LogP contribution in [0.25, 0.3) is 0 Å². The minimum Gasteiger partial charge on any atom is -0.491 e. The van der Waals surface area contributed by atoms with Crippen LogP contribution in [0.3, 0.4) is 0 Å². The summed E-state index contributed by atoms with van der Waals surface area (Å²) in [5.41, 5.74) is 12.1. The van der Waals surface area contributed by atoms with E-state index in [4.69, 9.17) is 19.9 Å². The topological polar surface area (TPSA) is 53.7 Å². The molecular formula is C33H35NO3. The highest BCUT2D eigenvalue weighted by Gasteiger charge is 2.32. The first-order chi connectivity index (χ1) is 18.3. The van der Waals surface area contributed by atoms with Gasteiger partial charge in [0.05, 0.1) is 13.2 Å². The summed E-state index contributed by atoms with van der Waals surface area (Å²) in [6.07, 6.45) is 2.14. The van der Waals surface area contributed by atoms with Crippen LogP contribution in [0.2, 0.25) is 0 Å². The van der Waals surface area contributed by atoms with E-state index in [9.17, 15) is 0 Å². The molecule has 1 unspecified atom stereocenters. The largest absolute Gasteiger partial charge is 0.491 e. The van der Waals surface area contributed by atoms with Gasteiger partial charge in [-0.3, -0.25) is 0 Å². The van der Waals surface area contributed by atoms with E-state index in [1.54, 1.807) is 0 Å². The second kappa shape index (κ2) is 12.6. The fourth-order valence-electron chi connectivity index (χ4n) is 5.27. The maximum Gasteiger partial charge on any atom is 0.120 e. The maximum atomic E-state index is 6.15. The van der Waals surface area contributed by atoms with E-state index in [0.29, 0.717) is 38.9 Å². The van der Waals surface area contributed by atoms with Gasteiger partial charge in [0.25, 0.3) is 0 Å². The Labute approximate surface area is 220 Å². The van der Waals surface area contributed by atoms with Crippen molar-refractivity contribution >= 4 is 0 Å². The first kappa shape index (κ1) is 25.1. The second-order valence-electron chi connectivity index (χ2n) is 9.49. The lowest BCUT2D eigenvalue weighted by Gasteiger charge is -2.35. The van der Waals surface area contributed by atoms with Crippen molar-refractivity contribution in [3.63, 3.8) is 0 Å². The van der Waals surface area contributed by atoms with Crippen molar-refractivity contribution in [2.24, 2.45) is 5.73 Å². The van der Waals surface area contributed by atoms with Crippen molar-refractivity contribution < 1.29 is 14.2 Å². The van der Waals surface area contributed by atoms with E-state index in [1.807, 2.05) is 18.2 Å². The van der Waals surface area contributed by atoms with E-state index < -0.39 is 0 Å². The summed E-state index contributed by atoms with van der Waals surface area (Å²) in [7, 11) is 0. The van der Waals surface area contributed by atoms with Crippen LogP contribution in [0.4, 0.5) is 0 Å². The summed E-state index contributed by atoms with van der Waals surface area (Å²) < 4.78 is 17.4. The van der Waals surface area contributed by atoms with Gasteiger partial charge < -0.3 is 19.9 Å². The predicted octanol–water partition coefficient (Wildman–Crippen LogP) is 6.48. The zero-order chi connectivity index (χ0) is 25.3. The number of hydrogen-bond acceptors (Lipinski definition) is 4. The smallest absolute Gasteiger partial charge is 0.120 e. The third kappa shape index (κ3) is 6.40. The molecule has 0 radical (unpaired) electrons. The number of hydrogen-bond donors (Lipinski definition) is 1. The number of rotatable bonds is 11. The van der Waals surface area contributed by atoms with Gasteiger partial charge in [0.2, 0.25) is 0 Å². The molecule has 0 amide bonds. The molecule has 1 aliphatic rings. The van der Waals surface area contributed by atoms with Crippen LogP contribution < -0.4 is 15.2 Å². The Bertz CT molecular complexity index is 1240. The maximum absolute atomic E-state index is 6.15. The molecule has 0 saturated carbocycles. The molecule has 0 aromatic heterocycles. The van der Waals surface area contributed by atoms with Crippen molar-refractivity contribution in [3.8, 4) is 11.5 Å². The Hall–Kier alpha value is -3.60. The van der Waals surface area contributed by atoms with Crippen LogP contribution in [-0.2, 0) is 17.8 Å². The zero-order valence-corrected chi connectivity index (χ0v) is 21.2. The second-order valence-corrected chi connectivity index (χ2v) is 9.49. The minimum absolute atomic E-state index is 0.274. The average Bonchev–Trinajstić information content (AvgIpc) is 2.96. The molecule has 1 aliphatic carbocycles. The third-order valence-electron chi connectivity index (χ3n) is 7.05. The molecule has 0 heterocycles. The first-order valence-electron chi connectivity index (χ1n) is 13.2. The lowest BCUT2D eigenvalue weighted by atomic mass is 9.69. The van der Waals surface area contributed by atoms with E-state index in [1.165, 1.54) is 27.8 Å². The number of nitrogens with two attached hydrogens (primary N) is 1. The molecule has 2 N–H and O–H groups in total. The number of benzene rings is 4. The fourth-order valence-corrected chi connectivity index (χ4v) is 5.27. The highest BCUT2D eigenvalue weighted by Crippen LogP contribution is 2.47. The summed E-state index contributed by atoms with van der Waals surface area (Å²) in [4.78, 5) is 0. The van der Waals surface area contributed by atoms with E-state index in [-0.39, 0.29) is 5.92 Å². The summed E-state index contributed by atoms with van der Waals surface area (Å²) in [6.45, 7) is 2.72. The van der Waals surface area contributed by atoms with Crippen LogP contribution >= 0.6 is 0 Å². The number of fused-ring (bicyclic) bond motifs is 1. The Morgan fingerprint density at radius 3 is 2.16 bits per heavy atom. The Morgan fingerprint density at radius 2 is 1.41 bits per heavy atom. The van der Waals surface area contributed by atoms with Crippen molar-refractivity contribution in [2.75, 3.05) is 26.4 Å². The molecule has 4 heteroatoms. The fraction of sp³-hybridized carbons (Fsp3) is 0.273. The molecule has 4 aromatic rings. The molecule has 0 bridgehead atoms. The number of ether oxygens (including phenoxy) is 3. The van der Waals surface area contributed by atoms with Gasteiger partial charge in [0, 0.05) is 12.5 Å². The molecule has 2 atom stereocenters. The monoisotopic (exact) mass is 493 g/mol. The van der Waals surface area contributed by atoms with Gasteiger partial charge in [-0.1, -0.05) is 78.9 Å². The molecule has 0 aliphatic heterocycles. The molecule has 5 rings (SSSR count). The van der Waals surface area contributed by atoms with Gasteiger partial charge in [0.15, 0.2) is 0 Å². The average molecular weight is 494 g/mol. The van der Waals surface area contributed by atoms with Crippen LogP contribution in [0.5, 0.6) is 11.5 Å². The Balaban J connectivity index is 1.37. The summed E-state index contributed by atoms with van der Waals surface area (Å²) in [5.74, 6) is 2.48. The SMILES string of the molecule is NCCOCCOc1ccc([C@@H]2c3ccc(OCc4ccccc4)cc3CCC2c2ccccc2)cc1. The first-order valence-corrected chi connectivity index (χ1v) is 13.2. The highest BCUT2D eigenvalue weighted by molar-refractivity contribution is 5.48. The van der Waals surface area contributed by atoms with Crippen LogP contribution in [0.1, 0.15) is 46.1 Å². The molecular weight excluding hydrogens is 458 g/mol.